The standard InChI is InChI=1S/C20H24Cl2N2O2/c21-17-13-7-15(11-5-1-3-9(11)13)19(17)23(25)24(26)20-16-8-14(18(20)22)10-4-2-6-12(10)16/h1-2,5-6,9-20H,3-4,7-8H2/b24-23+. The maximum atomic E-state index is 13.2. The average Bonchev–Trinajstić information content (AvgIpc) is 3.38. The predicted octanol–water partition coefficient (Wildman–Crippen LogP) is 4.10. The molecule has 6 rings (SSSR count). The van der Waals surface area contributed by atoms with Crippen LogP contribution in [0.3, 0.4) is 0 Å². The highest BCUT2D eigenvalue weighted by molar-refractivity contribution is 6.21. The molecule has 12 unspecified atom stereocenters. The number of azo groups is 1. The van der Waals surface area contributed by atoms with Gasteiger partial charge in [-0.25, -0.2) is 0 Å². The van der Waals surface area contributed by atoms with E-state index >= 15 is 0 Å². The smallest absolute Gasteiger partial charge is 0.249 e. The zero-order valence-corrected chi connectivity index (χ0v) is 16.0. The van der Waals surface area contributed by atoms with Crippen molar-refractivity contribution in [2.75, 3.05) is 0 Å². The largest absolute Gasteiger partial charge is 0.567 e. The van der Waals surface area contributed by atoms with Gasteiger partial charge in [0.15, 0.2) is 0 Å². The first-order valence-corrected chi connectivity index (χ1v) is 11.0. The molecule has 0 aromatic heterocycles. The molecule has 0 saturated heterocycles. The molecule has 4 fully saturated rings. The van der Waals surface area contributed by atoms with Gasteiger partial charge in [-0.05, 0) is 61.2 Å². The number of halogens is 2. The molecule has 0 amide bonds. The van der Waals surface area contributed by atoms with Crippen LogP contribution in [0.5, 0.6) is 0 Å². The lowest BCUT2D eigenvalue weighted by Gasteiger charge is -2.34. The van der Waals surface area contributed by atoms with Gasteiger partial charge in [-0.1, -0.05) is 24.3 Å². The summed E-state index contributed by atoms with van der Waals surface area (Å²) in [6.07, 6.45) is 13.1. The second-order valence-electron chi connectivity index (χ2n) is 9.41. The molecule has 6 aliphatic carbocycles. The van der Waals surface area contributed by atoms with E-state index in [1.807, 2.05) is 0 Å². The van der Waals surface area contributed by atoms with E-state index in [0.717, 1.165) is 25.7 Å². The van der Waals surface area contributed by atoms with Crippen molar-refractivity contribution in [1.29, 1.82) is 0 Å². The third kappa shape index (κ3) is 1.83. The lowest BCUT2D eigenvalue weighted by molar-refractivity contribution is -1.000. The number of hydroxylamine groups is 2. The number of alkyl halides is 2. The van der Waals surface area contributed by atoms with E-state index in [1.165, 1.54) is 0 Å². The summed E-state index contributed by atoms with van der Waals surface area (Å²) in [5.74, 6) is 3.19. The van der Waals surface area contributed by atoms with E-state index in [-0.39, 0.29) is 22.6 Å². The molecule has 0 N–H and O–H groups in total. The van der Waals surface area contributed by atoms with Crippen LogP contribution < -0.4 is 0 Å². The van der Waals surface area contributed by atoms with E-state index in [1.54, 1.807) is 0 Å². The van der Waals surface area contributed by atoms with Crippen molar-refractivity contribution in [2.24, 2.45) is 47.3 Å². The van der Waals surface area contributed by atoms with Gasteiger partial charge in [0.1, 0.15) is 10.8 Å². The molecule has 4 nitrogen and oxygen atoms in total. The van der Waals surface area contributed by atoms with E-state index in [9.17, 15) is 10.4 Å². The van der Waals surface area contributed by atoms with Gasteiger partial charge in [0, 0.05) is 21.6 Å². The van der Waals surface area contributed by atoms with Crippen molar-refractivity contribution in [3.8, 4) is 0 Å². The van der Waals surface area contributed by atoms with Gasteiger partial charge in [0.25, 0.3) is 0 Å². The lowest BCUT2D eigenvalue weighted by atomic mass is 9.78. The van der Waals surface area contributed by atoms with Crippen LogP contribution in [0.25, 0.3) is 0 Å². The van der Waals surface area contributed by atoms with E-state index in [0.29, 0.717) is 45.2 Å². The number of allylic oxidation sites excluding steroid dienone is 4. The molecule has 4 saturated carbocycles. The Hall–Kier alpha value is -0.740. The predicted molar refractivity (Wildman–Crippen MR) is 98.8 cm³/mol. The van der Waals surface area contributed by atoms with Gasteiger partial charge >= 0.3 is 0 Å². The summed E-state index contributed by atoms with van der Waals surface area (Å²) in [6.45, 7) is 0. The van der Waals surface area contributed by atoms with Crippen LogP contribution in [0.4, 0.5) is 0 Å². The van der Waals surface area contributed by atoms with Crippen LogP contribution in [0, 0.1) is 57.8 Å². The zero-order valence-electron chi connectivity index (χ0n) is 14.5. The highest BCUT2D eigenvalue weighted by Crippen LogP contribution is 2.60. The van der Waals surface area contributed by atoms with Crippen molar-refractivity contribution in [2.45, 2.75) is 48.5 Å². The van der Waals surface area contributed by atoms with Crippen LogP contribution in [0.1, 0.15) is 25.7 Å². The first kappa shape index (κ1) is 16.2. The Morgan fingerprint density at radius 1 is 0.654 bits per heavy atom. The van der Waals surface area contributed by atoms with E-state index in [4.69, 9.17) is 23.2 Å². The Kier molecular flexibility index (Phi) is 3.38. The first-order valence-electron chi connectivity index (χ1n) is 10.1. The van der Waals surface area contributed by atoms with Crippen LogP contribution >= 0.6 is 23.2 Å². The molecule has 0 aromatic carbocycles. The zero-order chi connectivity index (χ0) is 17.7. The third-order valence-electron chi connectivity index (χ3n) is 8.75. The van der Waals surface area contributed by atoms with Crippen LogP contribution in [0.15, 0.2) is 24.3 Å². The number of hydrogen-bond acceptors (Lipinski definition) is 2. The molecule has 4 bridgehead atoms. The van der Waals surface area contributed by atoms with Crippen LogP contribution in [-0.2, 0) is 0 Å². The van der Waals surface area contributed by atoms with Gasteiger partial charge in [-0.2, -0.15) is 0 Å². The Bertz CT molecular complexity index is 677. The topological polar surface area (TPSA) is 52.1 Å². The number of rotatable bonds is 2. The number of fused-ring (bicyclic) bond motifs is 10. The molecule has 0 aromatic rings. The SMILES string of the molecule is [O-]/[N+](C1C(Cl)C2CC1C1C=CCC12)=[N+](/[O-])C1C(Cl)C2CC1C1C=CCC12. The molecule has 6 heteroatoms. The molecule has 6 aliphatic rings. The van der Waals surface area contributed by atoms with Gasteiger partial charge in [-0.3, -0.25) is 0 Å². The monoisotopic (exact) mass is 394 g/mol. The Labute approximate surface area is 163 Å². The molecular weight excluding hydrogens is 371 g/mol. The van der Waals surface area contributed by atoms with Crippen molar-refractivity contribution in [3.05, 3.63) is 34.7 Å². The van der Waals surface area contributed by atoms with Crippen LogP contribution in [-0.4, -0.2) is 32.6 Å². The summed E-state index contributed by atoms with van der Waals surface area (Å²) in [6, 6.07) is -0.804. The summed E-state index contributed by atoms with van der Waals surface area (Å²) in [5, 5.41) is 25.9. The fourth-order valence-electron chi connectivity index (χ4n) is 7.80. The maximum absolute atomic E-state index is 13.2. The molecule has 0 aliphatic heterocycles. The van der Waals surface area contributed by atoms with Crippen molar-refractivity contribution in [3.63, 3.8) is 0 Å². The summed E-state index contributed by atoms with van der Waals surface area (Å²) in [5.41, 5.74) is 0. The quantitative estimate of drug-likeness (QED) is 0.232. The second-order valence-corrected chi connectivity index (χ2v) is 10.4. The minimum Gasteiger partial charge on any atom is -0.567 e. The van der Waals surface area contributed by atoms with Gasteiger partial charge in [0.05, 0.1) is 0 Å². The fourth-order valence-corrected chi connectivity index (χ4v) is 8.94. The summed E-state index contributed by atoms with van der Waals surface area (Å²) in [7, 11) is 0. The van der Waals surface area contributed by atoms with E-state index < -0.39 is 12.1 Å². The highest BCUT2D eigenvalue weighted by Gasteiger charge is 2.66. The summed E-state index contributed by atoms with van der Waals surface area (Å²) < 4.78 is 0. The number of hydrogen-bond donors (Lipinski definition) is 0. The molecule has 140 valence electrons. The summed E-state index contributed by atoms with van der Waals surface area (Å²) >= 11 is 13.4. The van der Waals surface area contributed by atoms with Gasteiger partial charge in [-0.15, -0.1) is 23.2 Å². The molecule has 12 atom stereocenters. The first-order chi connectivity index (χ1) is 12.6. The van der Waals surface area contributed by atoms with E-state index in [2.05, 4.69) is 24.3 Å². The average molecular weight is 395 g/mol. The third-order valence-corrected chi connectivity index (χ3v) is 9.92. The Balaban J connectivity index is 1.33. The Morgan fingerprint density at radius 3 is 1.50 bits per heavy atom. The molecular formula is C20H24Cl2N2O2. The maximum Gasteiger partial charge on any atom is 0.249 e. The van der Waals surface area contributed by atoms with Crippen molar-refractivity contribution in [1.82, 2.24) is 0 Å². The second kappa shape index (κ2) is 5.41. The van der Waals surface area contributed by atoms with Gasteiger partial charge < -0.3 is 10.4 Å². The van der Waals surface area contributed by atoms with Gasteiger partial charge in [0.2, 0.25) is 12.1 Å². The Morgan fingerprint density at radius 2 is 1.08 bits per heavy atom. The lowest BCUT2D eigenvalue weighted by Crippen LogP contribution is -2.50. The van der Waals surface area contributed by atoms with Crippen LogP contribution in [0.2, 0.25) is 0 Å². The minimum absolute atomic E-state index is 0.215. The molecule has 0 radical (unpaired) electrons. The molecule has 26 heavy (non-hydrogen) atoms. The normalized spacial score (nSPS) is 59.2. The molecule has 0 heterocycles. The summed E-state index contributed by atoms with van der Waals surface area (Å²) in [4.78, 5) is 1.41. The highest BCUT2D eigenvalue weighted by atomic mass is 35.5. The van der Waals surface area contributed by atoms with Crippen molar-refractivity contribution < 1.29 is 9.72 Å². The van der Waals surface area contributed by atoms with Crippen molar-refractivity contribution >= 4 is 23.2 Å². The minimum atomic E-state index is -0.402. The number of nitrogens with zero attached hydrogens (tertiary/aromatic N) is 2. The fraction of sp³-hybridized carbons (Fsp3) is 0.800. The molecule has 0 spiro atoms.